The third kappa shape index (κ3) is 2.32. The summed E-state index contributed by atoms with van der Waals surface area (Å²) in [4.78, 5) is 4.40. The number of nitrogens with zero attached hydrogens (tertiary/aromatic N) is 1. The van der Waals surface area contributed by atoms with Crippen LogP contribution in [0.2, 0.25) is 0 Å². The van der Waals surface area contributed by atoms with Gasteiger partial charge in [-0.1, -0.05) is 0 Å². The Morgan fingerprint density at radius 1 is 1.15 bits per heavy atom. The van der Waals surface area contributed by atoms with Crippen LogP contribution in [0.5, 0.6) is 5.75 Å². The van der Waals surface area contributed by atoms with Crippen molar-refractivity contribution in [2.45, 2.75) is 68.9 Å². The second-order valence-corrected chi connectivity index (χ2v) is 6.89. The smallest absolute Gasteiger partial charge is 0.138 e. The van der Waals surface area contributed by atoms with Crippen molar-refractivity contribution in [3.63, 3.8) is 0 Å². The highest BCUT2D eigenvalue weighted by molar-refractivity contribution is 5.30. The highest BCUT2D eigenvalue weighted by Crippen LogP contribution is 2.49. The number of nitrogens with one attached hydrogen (secondary N) is 1. The SMILES string of the molecule is c1ncc(C2CC3(CCCN3)C2)cc1OC1CCCC1. The summed E-state index contributed by atoms with van der Waals surface area (Å²) in [6.07, 6.45) is 14.6. The van der Waals surface area contributed by atoms with Crippen molar-refractivity contribution in [1.29, 1.82) is 0 Å². The van der Waals surface area contributed by atoms with Gasteiger partial charge in [-0.25, -0.2) is 0 Å². The average molecular weight is 272 g/mol. The summed E-state index contributed by atoms with van der Waals surface area (Å²) in [5.74, 6) is 1.66. The van der Waals surface area contributed by atoms with E-state index in [1.807, 2.05) is 12.4 Å². The fraction of sp³-hybridized carbons (Fsp3) is 0.706. The van der Waals surface area contributed by atoms with Crippen LogP contribution in [0.3, 0.4) is 0 Å². The lowest BCUT2D eigenvalue weighted by molar-refractivity contribution is 0.176. The van der Waals surface area contributed by atoms with Crippen LogP contribution in [0.25, 0.3) is 0 Å². The molecule has 0 bridgehead atoms. The number of rotatable bonds is 3. The lowest BCUT2D eigenvalue weighted by atomic mass is 9.65. The minimum absolute atomic E-state index is 0.427. The lowest BCUT2D eigenvalue weighted by Gasteiger charge is -2.45. The van der Waals surface area contributed by atoms with Crippen LogP contribution < -0.4 is 10.1 Å². The number of hydrogen-bond donors (Lipinski definition) is 1. The first kappa shape index (κ1) is 12.6. The minimum Gasteiger partial charge on any atom is -0.489 e. The maximum Gasteiger partial charge on any atom is 0.138 e. The first-order chi connectivity index (χ1) is 9.83. The second kappa shape index (κ2) is 5.03. The molecule has 0 unspecified atom stereocenters. The minimum atomic E-state index is 0.427. The van der Waals surface area contributed by atoms with Crippen LogP contribution in [0.4, 0.5) is 0 Å². The van der Waals surface area contributed by atoms with Gasteiger partial charge < -0.3 is 10.1 Å². The Balaban J connectivity index is 1.41. The molecule has 4 rings (SSSR count). The Bertz CT molecular complexity index is 468. The summed E-state index contributed by atoms with van der Waals surface area (Å²) in [5, 5.41) is 3.69. The molecular formula is C17H24N2O. The highest BCUT2D eigenvalue weighted by atomic mass is 16.5. The van der Waals surface area contributed by atoms with Gasteiger partial charge in [-0.3, -0.25) is 4.98 Å². The first-order valence-corrected chi connectivity index (χ1v) is 8.20. The van der Waals surface area contributed by atoms with Crippen molar-refractivity contribution in [1.82, 2.24) is 10.3 Å². The normalized spacial score (nSPS) is 33.5. The zero-order valence-corrected chi connectivity index (χ0v) is 12.1. The maximum atomic E-state index is 6.07. The number of hydrogen-bond acceptors (Lipinski definition) is 3. The molecule has 2 aliphatic carbocycles. The van der Waals surface area contributed by atoms with Crippen molar-refractivity contribution in [3.05, 3.63) is 24.0 Å². The van der Waals surface area contributed by atoms with E-state index in [0.717, 1.165) is 5.75 Å². The summed E-state index contributed by atoms with van der Waals surface area (Å²) in [5.41, 5.74) is 1.84. The van der Waals surface area contributed by atoms with E-state index in [4.69, 9.17) is 4.74 Å². The van der Waals surface area contributed by atoms with Gasteiger partial charge in [-0.15, -0.1) is 0 Å². The van der Waals surface area contributed by atoms with Crippen molar-refractivity contribution in [3.8, 4) is 5.75 Å². The lowest BCUT2D eigenvalue weighted by Crippen LogP contribution is -2.50. The molecule has 108 valence electrons. The Labute approximate surface area is 121 Å². The number of ether oxygens (including phenoxy) is 1. The van der Waals surface area contributed by atoms with E-state index < -0.39 is 0 Å². The number of pyridine rings is 1. The van der Waals surface area contributed by atoms with E-state index in [1.54, 1.807) is 0 Å². The third-order valence-electron chi connectivity index (χ3n) is 5.42. The van der Waals surface area contributed by atoms with Crippen LogP contribution in [0.15, 0.2) is 18.5 Å². The van der Waals surface area contributed by atoms with E-state index in [2.05, 4.69) is 16.4 Å². The van der Waals surface area contributed by atoms with E-state index in [1.165, 1.54) is 63.5 Å². The second-order valence-electron chi connectivity index (χ2n) is 6.89. The zero-order chi connectivity index (χ0) is 13.4. The zero-order valence-electron chi connectivity index (χ0n) is 12.1. The van der Waals surface area contributed by atoms with Gasteiger partial charge in [0.15, 0.2) is 0 Å². The summed E-state index contributed by atoms with van der Waals surface area (Å²) >= 11 is 0. The molecule has 0 atom stereocenters. The molecule has 2 saturated carbocycles. The summed E-state index contributed by atoms with van der Waals surface area (Å²) < 4.78 is 6.07. The molecule has 1 aliphatic heterocycles. The van der Waals surface area contributed by atoms with E-state index >= 15 is 0 Å². The largest absolute Gasteiger partial charge is 0.489 e. The summed E-state index contributed by atoms with van der Waals surface area (Å²) in [7, 11) is 0. The summed E-state index contributed by atoms with van der Waals surface area (Å²) in [6, 6.07) is 2.23. The van der Waals surface area contributed by atoms with Crippen LogP contribution in [-0.2, 0) is 0 Å². The molecule has 0 radical (unpaired) electrons. The molecule has 1 aromatic heterocycles. The fourth-order valence-electron chi connectivity index (χ4n) is 4.26. The monoisotopic (exact) mass is 272 g/mol. The molecule has 0 amide bonds. The Kier molecular flexibility index (Phi) is 3.18. The molecular weight excluding hydrogens is 248 g/mol. The fourth-order valence-corrected chi connectivity index (χ4v) is 4.26. The molecule has 3 aliphatic rings. The summed E-state index contributed by atoms with van der Waals surface area (Å²) in [6.45, 7) is 1.20. The van der Waals surface area contributed by atoms with E-state index in [0.29, 0.717) is 17.6 Å². The average Bonchev–Trinajstić information content (AvgIpc) is 3.07. The Morgan fingerprint density at radius 3 is 2.75 bits per heavy atom. The molecule has 1 spiro atoms. The predicted octanol–water partition coefficient (Wildman–Crippen LogP) is 3.40. The predicted molar refractivity (Wildman–Crippen MR) is 79.1 cm³/mol. The van der Waals surface area contributed by atoms with Crippen LogP contribution in [-0.4, -0.2) is 23.2 Å². The van der Waals surface area contributed by atoms with Crippen molar-refractivity contribution >= 4 is 0 Å². The van der Waals surface area contributed by atoms with Crippen molar-refractivity contribution < 1.29 is 4.74 Å². The van der Waals surface area contributed by atoms with Gasteiger partial charge in [0.1, 0.15) is 5.75 Å². The van der Waals surface area contributed by atoms with Crippen molar-refractivity contribution in [2.75, 3.05) is 6.54 Å². The standard InChI is InChI=1S/C17H24N2O/c1-2-5-15(4-1)20-16-8-13(11-18-12-16)14-9-17(10-14)6-3-7-19-17/h8,11-12,14-15,19H,1-7,9-10H2. The van der Waals surface area contributed by atoms with Gasteiger partial charge in [-0.05, 0) is 75.5 Å². The van der Waals surface area contributed by atoms with Crippen LogP contribution in [0, 0.1) is 0 Å². The number of aromatic nitrogens is 1. The quantitative estimate of drug-likeness (QED) is 0.915. The Hall–Kier alpha value is -1.09. The molecule has 0 aromatic carbocycles. The molecule has 1 aromatic rings. The van der Waals surface area contributed by atoms with Crippen molar-refractivity contribution in [2.24, 2.45) is 0 Å². The van der Waals surface area contributed by atoms with Crippen LogP contribution in [0.1, 0.15) is 62.8 Å². The van der Waals surface area contributed by atoms with Gasteiger partial charge in [0.2, 0.25) is 0 Å². The molecule has 20 heavy (non-hydrogen) atoms. The molecule has 3 fully saturated rings. The maximum absolute atomic E-state index is 6.07. The topological polar surface area (TPSA) is 34.2 Å². The van der Waals surface area contributed by atoms with Gasteiger partial charge in [0.25, 0.3) is 0 Å². The van der Waals surface area contributed by atoms with Crippen LogP contribution >= 0.6 is 0 Å². The van der Waals surface area contributed by atoms with Gasteiger partial charge in [-0.2, -0.15) is 0 Å². The van der Waals surface area contributed by atoms with Gasteiger partial charge in [0, 0.05) is 11.7 Å². The molecule has 1 saturated heterocycles. The van der Waals surface area contributed by atoms with E-state index in [9.17, 15) is 0 Å². The third-order valence-corrected chi connectivity index (χ3v) is 5.42. The van der Waals surface area contributed by atoms with E-state index in [-0.39, 0.29) is 0 Å². The highest BCUT2D eigenvalue weighted by Gasteiger charge is 2.46. The molecule has 3 heteroatoms. The first-order valence-electron chi connectivity index (χ1n) is 8.20. The molecule has 1 N–H and O–H groups in total. The van der Waals surface area contributed by atoms with Gasteiger partial charge in [0.05, 0.1) is 12.3 Å². The Morgan fingerprint density at radius 2 is 2.00 bits per heavy atom. The van der Waals surface area contributed by atoms with Gasteiger partial charge >= 0.3 is 0 Å². The molecule has 2 heterocycles. The molecule has 3 nitrogen and oxygen atoms in total.